The van der Waals surface area contributed by atoms with Crippen molar-refractivity contribution in [2.75, 3.05) is 162 Å². The summed E-state index contributed by atoms with van der Waals surface area (Å²) in [6.45, 7) is 10.5. The number of nitrogens with one attached hydrogen (secondary N) is 6. The highest BCUT2D eigenvalue weighted by Gasteiger charge is 2.48. The molecular formula is C83H104F2N10O24S2. The molecule has 38 heteroatoms. The molecule has 0 saturated heterocycles. The number of benzene rings is 2. The van der Waals surface area contributed by atoms with Crippen molar-refractivity contribution >= 4 is 92.7 Å². The Kier molecular flexibility index (Phi) is 32.7. The zero-order chi connectivity index (χ0) is 85.7. The Labute approximate surface area is 704 Å². The predicted octanol–water partition coefficient (Wildman–Crippen LogP) is 3.80. The van der Waals surface area contributed by atoms with Gasteiger partial charge in [0, 0.05) is 87.7 Å². The van der Waals surface area contributed by atoms with Gasteiger partial charge >= 0.3 is 11.9 Å². The van der Waals surface area contributed by atoms with E-state index in [0.717, 1.165) is 16.2 Å². The van der Waals surface area contributed by atoms with Gasteiger partial charge in [-0.15, -0.1) is 0 Å². The first-order valence-corrected chi connectivity index (χ1v) is 43.1. The van der Waals surface area contributed by atoms with Crippen LogP contribution in [0, 0.1) is 25.5 Å². The maximum atomic E-state index is 15.4. The lowest BCUT2D eigenvalue weighted by Crippen LogP contribution is -2.44. The van der Waals surface area contributed by atoms with E-state index in [1.54, 1.807) is 63.4 Å². The third kappa shape index (κ3) is 22.0. The van der Waals surface area contributed by atoms with Gasteiger partial charge in [-0.05, 0) is 97.9 Å². The number of pyridine rings is 4. The molecule has 4 atom stereocenters. The lowest BCUT2D eigenvalue weighted by Gasteiger charge is -2.31. The first-order valence-electron chi connectivity index (χ1n) is 40.8. The zero-order valence-corrected chi connectivity index (χ0v) is 69.9. The van der Waals surface area contributed by atoms with E-state index in [9.17, 15) is 58.2 Å². The van der Waals surface area contributed by atoms with E-state index in [4.69, 9.17) is 66.8 Å². The summed E-state index contributed by atoms with van der Waals surface area (Å²) in [5.74, 6) is -3.04. The molecule has 0 spiro atoms. The number of amides is 6. The van der Waals surface area contributed by atoms with Crippen LogP contribution in [0.4, 0.5) is 8.78 Å². The van der Waals surface area contributed by atoms with Crippen LogP contribution >= 0.6 is 23.5 Å². The van der Waals surface area contributed by atoms with Crippen molar-refractivity contribution in [3.63, 3.8) is 0 Å². The van der Waals surface area contributed by atoms with Crippen LogP contribution in [0.5, 0.6) is 0 Å². The van der Waals surface area contributed by atoms with Gasteiger partial charge in [0.1, 0.15) is 51.5 Å². The Bertz CT molecular complexity index is 4660. The number of carbonyl (C=O) groups is 8. The number of nitrogens with zero attached hydrogens (tertiary/aromatic N) is 4. The first kappa shape index (κ1) is 91.2. The Morgan fingerprint density at radius 3 is 1.20 bits per heavy atom. The van der Waals surface area contributed by atoms with E-state index in [2.05, 4.69) is 31.9 Å². The minimum atomic E-state index is -2.03. The molecule has 6 aromatic rings. The zero-order valence-electron chi connectivity index (χ0n) is 68.3. The van der Waals surface area contributed by atoms with Crippen molar-refractivity contribution in [3.8, 4) is 22.8 Å². The SMILES string of the molecule is CC[C@@]1(O)C(=O)OCc2c1cc1n(c2=O)Cc2c-1nc1cc(F)c(C)c3c1c2[C@@H](NC(=O)COCNC(=O)CCOCCOCCOCCOCCNC(=O)CCSCSCCC(=O)NCCOCCOCCOCCOCCC(=O)NCOCC(=O)N[C@H]1CCc2c(C)c(F)cc4nc5c(c1c24)Cn1c-5cc2c(c1=O)COC(=O)[C@]2(O)CC)CC3. The Balaban J connectivity index is 0.395. The maximum Gasteiger partial charge on any atom is 0.343 e. The largest absolute Gasteiger partial charge is 0.458 e. The summed E-state index contributed by atoms with van der Waals surface area (Å²) in [5.41, 5.74) is 3.12. The quantitative estimate of drug-likeness (QED) is 0.0153. The standard InChI is InChI=1S/C83H104F2N10O24S2/c1-5-82(106)56-35-64-76-52(39-94(64)78(102)54(56)41-118-80(82)104)74-60(9-7-50-48(3)58(84)37-62(92-76)72(50)74)90-70(100)43-116-45-88-66(96)11-17-108-21-25-112-29-31-114-27-23-110-19-15-86-68(98)13-33-120-47-121-34-14-69(99)87-16-20-111-24-28-115-32-30-113-26-22-109-18-12-67(97)89-46-117-44-71(101)91-61-10-8-51-49(4)59(85)38-63-73(51)75(61)53-40-95-65(77(53)93-63)36-57-55(79(95)103)42-119-81(105)83(57,107)6-2/h35-38,60-61,106-107H,5-34,39-47H2,1-4H3,(H,86,98)(H,87,99)(H,88,96)(H,89,97)(H,90,100)(H,91,101)/t60-,61-,82-,83-/m0/s1. The molecule has 0 saturated carbocycles. The van der Waals surface area contributed by atoms with Crippen molar-refractivity contribution in [3.05, 3.63) is 123 Å². The third-order valence-electron chi connectivity index (χ3n) is 22.1. The van der Waals surface area contributed by atoms with Crippen LogP contribution in [0.25, 0.3) is 44.6 Å². The molecule has 6 amide bonds. The van der Waals surface area contributed by atoms with Crippen LogP contribution in [0.3, 0.4) is 0 Å². The molecule has 4 aliphatic heterocycles. The van der Waals surface area contributed by atoms with Crippen LogP contribution in [0.15, 0.2) is 33.9 Å². The second-order valence-corrected chi connectivity index (χ2v) is 32.2. The Hall–Kier alpha value is -9.00. The minimum Gasteiger partial charge on any atom is -0.458 e. The number of cyclic esters (lactones) is 2. The van der Waals surface area contributed by atoms with Gasteiger partial charge in [0.05, 0.1) is 189 Å². The van der Waals surface area contributed by atoms with Gasteiger partial charge in [-0.1, -0.05) is 13.8 Å². The van der Waals surface area contributed by atoms with Gasteiger partial charge in [-0.2, -0.15) is 23.5 Å². The average Bonchev–Trinajstić information content (AvgIpc) is 1.57. The van der Waals surface area contributed by atoms with Crippen LogP contribution in [0.2, 0.25) is 0 Å². The van der Waals surface area contributed by atoms with Gasteiger partial charge in [-0.25, -0.2) is 28.3 Å². The topological polar surface area (TPSA) is 430 Å². The van der Waals surface area contributed by atoms with Gasteiger partial charge in [0.15, 0.2) is 11.2 Å². The van der Waals surface area contributed by atoms with Crippen LogP contribution in [0.1, 0.15) is 144 Å². The smallest absolute Gasteiger partial charge is 0.343 e. The number of rotatable bonds is 50. The normalized spacial score (nSPS) is 17.6. The molecule has 121 heavy (non-hydrogen) atoms. The number of ether oxygens (including phenoxy) is 12. The summed E-state index contributed by atoms with van der Waals surface area (Å²) in [6.07, 6.45) is 2.51. The summed E-state index contributed by atoms with van der Waals surface area (Å²) in [5, 5.41) is 41.8. The van der Waals surface area contributed by atoms with Gasteiger partial charge in [0.2, 0.25) is 35.4 Å². The van der Waals surface area contributed by atoms with Crippen molar-refractivity contribution in [1.82, 2.24) is 51.0 Å². The van der Waals surface area contributed by atoms with E-state index in [-0.39, 0.29) is 164 Å². The molecule has 8 N–H and O–H groups in total. The molecule has 8 heterocycles. The highest BCUT2D eigenvalue weighted by atomic mass is 32.2. The molecule has 2 aromatic carbocycles. The molecule has 0 bridgehead atoms. The van der Waals surface area contributed by atoms with Crippen molar-refractivity contribution < 1.29 is 114 Å². The number of halogens is 2. The molecule has 2 aliphatic carbocycles. The van der Waals surface area contributed by atoms with E-state index in [1.807, 2.05) is 0 Å². The average molecular weight is 1730 g/mol. The fourth-order valence-corrected chi connectivity index (χ4v) is 17.7. The fourth-order valence-electron chi connectivity index (χ4n) is 15.7. The number of aliphatic hydroxyl groups is 2. The highest BCUT2D eigenvalue weighted by molar-refractivity contribution is 8.16. The number of thioether (sulfide) groups is 2. The summed E-state index contributed by atoms with van der Waals surface area (Å²) in [6, 6.07) is 4.75. The number of hydrogen-bond acceptors (Lipinski definition) is 28. The summed E-state index contributed by atoms with van der Waals surface area (Å²) < 4.78 is 99.4. The number of fused-ring (bicyclic) bond motifs is 10. The van der Waals surface area contributed by atoms with Crippen LogP contribution < -0.4 is 43.0 Å². The minimum absolute atomic E-state index is 0.0275. The monoisotopic (exact) mass is 1730 g/mol. The first-order chi connectivity index (χ1) is 58.5. The molecule has 0 radical (unpaired) electrons. The molecule has 4 aromatic heterocycles. The molecule has 0 fully saturated rings. The maximum absolute atomic E-state index is 15.4. The number of esters is 2. The number of aromatic nitrogens is 4. The Morgan fingerprint density at radius 1 is 0.471 bits per heavy atom. The molecule has 12 rings (SSSR count). The van der Waals surface area contributed by atoms with Crippen LogP contribution in [-0.2, 0) is 146 Å². The van der Waals surface area contributed by atoms with Gasteiger partial charge in [0.25, 0.3) is 11.1 Å². The Morgan fingerprint density at radius 2 is 0.826 bits per heavy atom. The second kappa shape index (κ2) is 43.4. The summed E-state index contributed by atoms with van der Waals surface area (Å²) >= 11 is 3.25. The van der Waals surface area contributed by atoms with E-state index >= 15 is 8.78 Å². The molecule has 6 aliphatic rings. The van der Waals surface area contributed by atoms with E-state index in [0.29, 0.717) is 207 Å². The second-order valence-electron chi connectivity index (χ2n) is 29.7. The molecule has 0 unspecified atom stereocenters. The summed E-state index contributed by atoms with van der Waals surface area (Å²) in [4.78, 5) is 139. The predicted molar refractivity (Wildman–Crippen MR) is 436 cm³/mol. The number of hydrogen-bond donors (Lipinski definition) is 8. The molecule has 656 valence electrons. The molecular weight excluding hydrogens is 1620 g/mol. The van der Waals surface area contributed by atoms with Gasteiger partial charge < -0.3 is 108 Å². The van der Waals surface area contributed by atoms with E-state index in [1.165, 1.54) is 21.3 Å². The summed E-state index contributed by atoms with van der Waals surface area (Å²) in [7, 11) is 0. The lowest BCUT2D eigenvalue weighted by molar-refractivity contribution is -0.172. The number of carbonyl (C=O) groups excluding carboxylic acids is 8. The van der Waals surface area contributed by atoms with Crippen molar-refractivity contribution in [1.29, 1.82) is 0 Å². The molecule has 34 nitrogen and oxygen atoms in total. The van der Waals surface area contributed by atoms with Gasteiger partial charge in [-0.3, -0.25) is 38.4 Å². The highest BCUT2D eigenvalue weighted by Crippen LogP contribution is 2.49. The van der Waals surface area contributed by atoms with Crippen molar-refractivity contribution in [2.45, 2.75) is 141 Å². The number of aryl methyl sites for hydroxylation is 2. The fraction of sp³-hybridized carbons (Fsp3) is 0.566. The third-order valence-corrected chi connectivity index (χ3v) is 24.4. The van der Waals surface area contributed by atoms with Crippen molar-refractivity contribution in [2.24, 2.45) is 0 Å². The lowest BCUT2D eigenvalue weighted by atomic mass is 9.81. The van der Waals surface area contributed by atoms with Crippen LogP contribution in [-0.4, -0.2) is 239 Å². The van der Waals surface area contributed by atoms with E-state index < -0.39 is 69.8 Å².